The van der Waals surface area contributed by atoms with Gasteiger partial charge in [-0.05, 0) is 13.0 Å². The largest absolute Gasteiger partial charge is 0.391 e. The van der Waals surface area contributed by atoms with Crippen LogP contribution in [0.2, 0.25) is 0 Å². The van der Waals surface area contributed by atoms with Gasteiger partial charge < -0.3 is 19.7 Å². The lowest BCUT2D eigenvalue weighted by molar-refractivity contribution is 0.0783. The quantitative estimate of drug-likeness (QED) is 0.673. The lowest BCUT2D eigenvalue weighted by Crippen LogP contribution is -2.27. The molecule has 2 N–H and O–H groups in total. The van der Waals surface area contributed by atoms with Crippen LogP contribution in [0.25, 0.3) is 0 Å². The van der Waals surface area contributed by atoms with E-state index in [2.05, 4.69) is 14.9 Å². The fourth-order valence-electron chi connectivity index (χ4n) is 2.36. The van der Waals surface area contributed by atoms with Crippen LogP contribution in [0.4, 0.5) is 0 Å². The molecule has 0 aromatic carbocycles. The number of hydrogen-bond acceptors (Lipinski definition) is 4. The molecule has 0 saturated carbocycles. The molecule has 0 radical (unpaired) electrons. The minimum atomic E-state index is -0.284. The summed E-state index contributed by atoms with van der Waals surface area (Å²) < 4.78 is 7.49. The van der Waals surface area contributed by atoms with Crippen molar-refractivity contribution >= 4 is 0 Å². The number of nitrogens with one attached hydrogen (secondary N) is 1. The van der Waals surface area contributed by atoms with Gasteiger partial charge in [-0.1, -0.05) is 0 Å². The summed E-state index contributed by atoms with van der Waals surface area (Å²) in [5, 5.41) is 13.1. The van der Waals surface area contributed by atoms with Crippen LogP contribution in [0.5, 0.6) is 0 Å². The first-order valence-electron chi connectivity index (χ1n) is 5.40. The van der Waals surface area contributed by atoms with Crippen LogP contribution in [0.15, 0.2) is 6.20 Å². The number of imidazole rings is 1. The molecular formula is C10H15N3O2. The number of aromatic nitrogens is 2. The summed E-state index contributed by atoms with van der Waals surface area (Å²) in [4.78, 5) is 4.32. The Kier molecular flexibility index (Phi) is 2.23. The Hall–Kier alpha value is -0.910. The van der Waals surface area contributed by atoms with Gasteiger partial charge in [0.2, 0.25) is 0 Å². The van der Waals surface area contributed by atoms with Gasteiger partial charge in [-0.25, -0.2) is 4.98 Å². The minimum Gasteiger partial charge on any atom is -0.391 e. The van der Waals surface area contributed by atoms with E-state index in [-0.39, 0.29) is 12.1 Å². The highest BCUT2D eigenvalue weighted by atomic mass is 16.5. The van der Waals surface area contributed by atoms with E-state index in [9.17, 15) is 5.11 Å². The molecule has 0 spiro atoms. The average molecular weight is 209 g/mol. The lowest BCUT2D eigenvalue weighted by atomic mass is 10.1. The molecular weight excluding hydrogens is 194 g/mol. The van der Waals surface area contributed by atoms with Crippen LogP contribution in [0.1, 0.15) is 24.0 Å². The highest BCUT2D eigenvalue weighted by Gasteiger charge is 2.30. The number of aliphatic hydroxyl groups excluding tert-OH is 1. The Balaban J connectivity index is 1.94. The second-order valence-electron chi connectivity index (χ2n) is 4.09. The summed E-state index contributed by atoms with van der Waals surface area (Å²) in [6.45, 7) is 3.04. The SMILES string of the molecule is OC1CCNC1c1cnc2n1CCOC2. The molecule has 5 heteroatoms. The second-order valence-corrected chi connectivity index (χ2v) is 4.09. The molecule has 0 aliphatic carbocycles. The number of nitrogens with zero attached hydrogens (tertiary/aromatic N) is 2. The van der Waals surface area contributed by atoms with Crippen molar-refractivity contribution in [3.8, 4) is 0 Å². The van der Waals surface area contributed by atoms with Gasteiger partial charge in [0.05, 0.1) is 30.6 Å². The molecule has 2 aliphatic heterocycles. The predicted molar refractivity (Wildman–Crippen MR) is 53.3 cm³/mol. The van der Waals surface area contributed by atoms with Crippen molar-refractivity contribution in [2.24, 2.45) is 0 Å². The van der Waals surface area contributed by atoms with Crippen LogP contribution in [-0.2, 0) is 17.9 Å². The third-order valence-electron chi connectivity index (χ3n) is 3.17. The molecule has 82 valence electrons. The zero-order valence-corrected chi connectivity index (χ0v) is 8.52. The van der Waals surface area contributed by atoms with E-state index in [0.29, 0.717) is 6.61 Å². The summed E-state index contributed by atoms with van der Waals surface area (Å²) in [5.41, 5.74) is 1.10. The molecule has 1 saturated heterocycles. The van der Waals surface area contributed by atoms with E-state index in [0.717, 1.165) is 37.6 Å². The summed E-state index contributed by atoms with van der Waals surface area (Å²) in [7, 11) is 0. The van der Waals surface area contributed by atoms with Gasteiger partial charge in [0.25, 0.3) is 0 Å². The molecule has 5 nitrogen and oxygen atoms in total. The van der Waals surface area contributed by atoms with Crippen molar-refractivity contribution in [1.29, 1.82) is 0 Å². The molecule has 15 heavy (non-hydrogen) atoms. The third kappa shape index (κ3) is 1.47. The van der Waals surface area contributed by atoms with E-state index >= 15 is 0 Å². The molecule has 3 rings (SSSR count). The van der Waals surface area contributed by atoms with Crippen molar-refractivity contribution < 1.29 is 9.84 Å². The summed E-state index contributed by atoms with van der Waals surface area (Å²) in [5.74, 6) is 0.970. The average Bonchev–Trinajstić information content (AvgIpc) is 2.83. The molecule has 2 aliphatic rings. The Labute approximate surface area is 88.1 Å². The van der Waals surface area contributed by atoms with Crippen LogP contribution in [-0.4, -0.2) is 33.9 Å². The molecule has 2 atom stereocenters. The number of hydrogen-bond donors (Lipinski definition) is 2. The van der Waals surface area contributed by atoms with Gasteiger partial charge in [-0.3, -0.25) is 0 Å². The number of ether oxygens (including phenoxy) is 1. The standard InChI is InChI=1S/C10H15N3O2/c14-8-1-2-11-10(8)7-5-12-9-6-15-4-3-13(7)9/h5,8,10-11,14H,1-4,6H2. The van der Waals surface area contributed by atoms with Crippen molar-refractivity contribution in [2.75, 3.05) is 13.2 Å². The van der Waals surface area contributed by atoms with E-state index in [1.54, 1.807) is 0 Å². The summed E-state index contributed by atoms with van der Waals surface area (Å²) >= 11 is 0. The molecule has 1 aromatic rings. The maximum absolute atomic E-state index is 9.83. The Bertz CT molecular complexity index is 364. The minimum absolute atomic E-state index is 0.0457. The van der Waals surface area contributed by atoms with Gasteiger partial charge in [0.15, 0.2) is 0 Å². The van der Waals surface area contributed by atoms with Crippen molar-refractivity contribution in [2.45, 2.75) is 31.7 Å². The Morgan fingerprint density at radius 2 is 2.53 bits per heavy atom. The van der Waals surface area contributed by atoms with Crippen LogP contribution in [0, 0.1) is 0 Å². The molecule has 0 bridgehead atoms. The van der Waals surface area contributed by atoms with Crippen molar-refractivity contribution in [3.63, 3.8) is 0 Å². The normalized spacial score (nSPS) is 30.5. The number of fused-ring (bicyclic) bond motifs is 1. The topological polar surface area (TPSA) is 59.3 Å². The fourth-order valence-corrected chi connectivity index (χ4v) is 2.36. The highest BCUT2D eigenvalue weighted by molar-refractivity contribution is 5.14. The predicted octanol–water partition coefficient (Wildman–Crippen LogP) is -0.191. The van der Waals surface area contributed by atoms with Gasteiger partial charge in [0.1, 0.15) is 12.4 Å². The van der Waals surface area contributed by atoms with Gasteiger partial charge in [-0.2, -0.15) is 0 Å². The van der Waals surface area contributed by atoms with Gasteiger partial charge >= 0.3 is 0 Å². The zero-order valence-electron chi connectivity index (χ0n) is 8.52. The smallest absolute Gasteiger partial charge is 0.135 e. The maximum atomic E-state index is 9.83. The van der Waals surface area contributed by atoms with Gasteiger partial charge in [0, 0.05) is 6.54 Å². The highest BCUT2D eigenvalue weighted by Crippen LogP contribution is 2.25. The molecule has 0 amide bonds. The monoisotopic (exact) mass is 209 g/mol. The lowest BCUT2D eigenvalue weighted by Gasteiger charge is -2.21. The van der Waals surface area contributed by atoms with E-state index < -0.39 is 0 Å². The van der Waals surface area contributed by atoms with Crippen LogP contribution >= 0.6 is 0 Å². The van der Waals surface area contributed by atoms with Crippen LogP contribution < -0.4 is 5.32 Å². The van der Waals surface area contributed by atoms with Crippen LogP contribution in [0.3, 0.4) is 0 Å². The number of rotatable bonds is 1. The maximum Gasteiger partial charge on any atom is 0.135 e. The third-order valence-corrected chi connectivity index (χ3v) is 3.17. The molecule has 1 aromatic heterocycles. The van der Waals surface area contributed by atoms with Crippen molar-refractivity contribution in [1.82, 2.24) is 14.9 Å². The first kappa shape index (κ1) is 9.33. The van der Waals surface area contributed by atoms with E-state index in [1.165, 1.54) is 0 Å². The van der Waals surface area contributed by atoms with E-state index in [1.807, 2.05) is 6.20 Å². The fraction of sp³-hybridized carbons (Fsp3) is 0.700. The van der Waals surface area contributed by atoms with Gasteiger partial charge in [-0.15, -0.1) is 0 Å². The summed E-state index contributed by atoms with van der Waals surface area (Å²) in [6, 6.07) is 0.0457. The Morgan fingerprint density at radius 1 is 1.60 bits per heavy atom. The molecule has 1 fully saturated rings. The second kappa shape index (κ2) is 3.59. The van der Waals surface area contributed by atoms with E-state index in [4.69, 9.17) is 4.74 Å². The van der Waals surface area contributed by atoms with Crippen molar-refractivity contribution in [3.05, 3.63) is 17.7 Å². The zero-order chi connectivity index (χ0) is 10.3. The number of aliphatic hydroxyl groups is 1. The first-order chi connectivity index (χ1) is 7.36. The Morgan fingerprint density at radius 3 is 3.33 bits per heavy atom. The molecule has 2 unspecified atom stereocenters. The molecule has 3 heterocycles. The summed E-state index contributed by atoms with van der Waals surface area (Å²) in [6.07, 6.45) is 2.39. The first-order valence-corrected chi connectivity index (χ1v) is 5.40.